The van der Waals surface area contributed by atoms with Gasteiger partial charge in [0.1, 0.15) is 5.92 Å². The average molecular weight is 353 g/mol. The summed E-state index contributed by atoms with van der Waals surface area (Å²) in [5.41, 5.74) is 4.39. The quantitative estimate of drug-likeness (QED) is 0.613. The normalized spacial score (nSPS) is 18.6. The van der Waals surface area contributed by atoms with Crippen LogP contribution in [0, 0.1) is 16.0 Å². The van der Waals surface area contributed by atoms with E-state index in [1.54, 1.807) is 0 Å². The largest absolute Gasteiger partial charge is 0.352 e. The van der Waals surface area contributed by atoms with Gasteiger partial charge < -0.3 is 10.2 Å². The zero-order valence-corrected chi connectivity index (χ0v) is 15.0. The fourth-order valence-corrected chi connectivity index (χ4v) is 3.12. The van der Waals surface area contributed by atoms with E-state index < -0.39 is 12.0 Å². The maximum Gasteiger partial charge on any atom is 0.230 e. The molecule has 1 N–H and O–H groups in total. The Labute approximate surface area is 153 Å². The predicted molar refractivity (Wildman–Crippen MR) is 100 cm³/mol. The Morgan fingerprint density at radius 1 is 1.19 bits per heavy atom. The molecule has 2 aromatic rings. The van der Waals surface area contributed by atoms with Crippen molar-refractivity contribution in [3.63, 3.8) is 0 Å². The van der Waals surface area contributed by atoms with Crippen LogP contribution in [-0.2, 0) is 17.9 Å². The van der Waals surface area contributed by atoms with E-state index >= 15 is 0 Å². The molecule has 0 aliphatic heterocycles. The molecule has 0 radical (unpaired) electrons. The molecule has 0 aromatic heterocycles. The number of rotatable bonds is 7. The molecule has 136 valence electrons. The molecule has 2 atom stereocenters. The topological polar surface area (TPSA) is 75.5 Å². The highest BCUT2D eigenvalue weighted by Gasteiger charge is 2.53. The maximum absolute atomic E-state index is 12.1. The van der Waals surface area contributed by atoms with Crippen molar-refractivity contribution in [2.24, 2.45) is 5.92 Å². The Hall–Kier alpha value is -2.73. The van der Waals surface area contributed by atoms with Gasteiger partial charge in [-0.1, -0.05) is 48.5 Å². The van der Waals surface area contributed by atoms with E-state index in [0.29, 0.717) is 13.0 Å². The van der Waals surface area contributed by atoms with Gasteiger partial charge in [-0.2, -0.15) is 0 Å². The van der Waals surface area contributed by atoms with Crippen molar-refractivity contribution in [1.29, 1.82) is 0 Å². The van der Waals surface area contributed by atoms with Gasteiger partial charge in [0.25, 0.3) is 0 Å². The molecule has 1 amide bonds. The maximum atomic E-state index is 12.1. The summed E-state index contributed by atoms with van der Waals surface area (Å²) in [5.74, 6) is -0.717. The van der Waals surface area contributed by atoms with Gasteiger partial charge in [-0.15, -0.1) is 0 Å². The molecule has 3 rings (SSSR count). The lowest BCUT2D eigenvalue weighted by molar-refractivity contribution is -0.497. The molecule has 1 aliphatic carbocycles. The highest BCUT2D eigenvalue weighted by atomic mass is 16.6. The van der Waals surface area contributed by atoms with Crippen LogP contribution in [0.25, 0.3) is 11.1 Å². The first-order valence-electron chi connectivity index (χ1n) is 8.69. The number of nitro groups is 1. The molecule has 6 nitrogen and oxygen atoms in total. The first-order chi connectivity index (χ1) is 12.5. The van der Waals surface area contributed by atoms with Gasteiger partial charge in [0.15, 0.2) is 0 Å². The van der Waals surface area contributed by atoms with E-state index in [0.717, 1.165) is 23.2 Å². The van der Waals surface area contributed by atoms with Crippen LogP contribution in [0.1, 0.15) is 17.5 Å². The Kier molecular flexibility index (Phi) is 5.32. The molecule has 1 fully saturated rings. The first kappa shape index (κ1) is 18.1. The first-order valence-corrected chi connectivity index (χ1v) is 8.69. The van der Waals surface area contributed by atoms with Crippen LogP contribution in [0.15, 0.2) is 48.5 Å². The summed E-state index contributed by atoms with van der Waals surface area (Å²) in [7, 11) is 4.07. The van der Waals surface area contributed by atoms with Crippen molar-refractivity contribution in [3.05, 3.63) is 69.8 Å². The molecule has 2 aromatic carbocycles. The molecule has 0 spiro atoms. The van der Waals surface area contributed by atoms with Crippen molar-refractivity contribution in [2.75, 3.05) is 14.1 Å². The van der Waals surface area contributed by atoms with Crippen LogP contribution in [0.4, 0.5) is 0 Å². The van der Waals surface area contributed by atoms with Crippen LogP contribution >= 0.6 is 0 Å². The minimum atomic E-state index is -0.713. The fourth-order valence-electron chi connectivity index (χ4n) is 3.12. The van der Waals surface area contributed by atoms with Crippen LogP contribution < -0.4 is 5.32 Å². The van der Waals surface area contributed by atoms with E-state index in [1.807, 2.05) is 38.4 Å². The van der Waals surface area contributed by atoms with Crippen molar-refractivity contribution in [1.82, 2.24) is 10.2 Å². The summed E-state index contributed by atoms with van der Waals surface area (Å²) in [6.45, 7) is 1.26. The van der Waals surface area contributed by atoms with Gasteiger partial charge in [0.05, 0.1) is 0 Å². The monoisotopic (exact) mass is 353 g/mol. The van der Waals surface area contributed by atoms with Crippen LogP contribution in [-0.4, -0.2) is 35.9 Å². The molecule has 0 bridgehead atoms. The number of hydrogen-bond acceptors (Lipinski definition) is 4. The summed E-state index contributed by atoms with van der Waals surface area (Å²) >= 11 is 0. The lowest BCUT2D eigenvalue weighted by atomic mass is 9.98. The number of nitrogens with one attached hydrogen (secondary N) is 1. The number of benzene rings is 2. The van der Waals surface area contributed by atoms with Gasteiger partial charge in [-0.05, 0) is 36.3 Å². The Bertz CT molecular complexity index is 802. The van der Waals surface area contributed by atoms with Crippen molar-refractivity contribution < 1.29 is 9.72 Å². The molecule has 2 unspecified atom stereocenters. The number of nitrogens with zero attached hydrogens (tertiary/aromatic N) is 2. The van der Waals surface area contributed by atoms with Gasteiger partial charge >= 0.3 is 0 Å². The van der Waals surface area contributed by atoms with Crippen molar-refractivity contribution in [2.45, 2.75) is 25.6 Å². The van der Waals surface area contributed by atoms with Gasteiger partial charge in [0.2, 0.25) is 11.9 Å². The summed E-state index contributed by atoms with van der Waals surface area (Å²) in [6.07, 6.45) is 0.341. The second-order valence-corrected chi connectivity index (χ2v) is 7.00. The molecular weight excluding hydrogens is 330 g/mol. The number of carbonyl (C=O) groups excluding carboxylic acids is 1. The number of carbonyl (C=O) groups is 1. The van der Waals surface area contributed by atoms with E-state index in [2.05, 4.69) is 34.5 Å². The predicted octanol–water partition coefficient (Wildman–Crippen LogP) is 2.70. The Morgan fingerprint density at radius 3 is 2.50 bits per heavy atom. The van der Waals surface area contributed by atoms with Crippen molar-refractivity contribution in [3.8, 4) is 11.1 Å². The lowest BCUT2D eigenvalue weighted by Gasteiger charge is -2.13. The molecule has 26 heavy (non-hydrogen) atoms. The third kappa shape index (κ3) is 4.26. The minimum absolute atomic E-state index is 0.233. The smallest absolute Gasteiger partial charge is 0.230 e. The number of hydrogen-bond donors (Lipinski definition) is 1. The molecular formula is C20H23N3O3. The highest BCUT2D eigenvalue weighted by Crippen LogP contribution is 2.33. The summed E-state index contributed by atoms with van der Waals surface area (Å²) in [6, 6.07) is 15.6. The molecule has 1 aliphatic rings. The van der Waals surface area contributed by atoms with E-state index in [4.69, 9.17) is 0 Å². The van der Waals surface area contributed by atoms with Crippen LogP contribution in [0.5, 0.6) is 0 Å². The van der Waals surface area contributed by atoms with Crippen LogP contribution in [0.3, 0.4) is 0 Å². The van der Waals surface area contributed by atoms with E-state index in [-0.39, 0.29) is 10.8 Å². The molecule has 0 saturated heterocycles. The fraction of sp³-hybridized carbons (Fsp3) is 0.350. The summed E-state index contributed by atoms with van der Waals surface area (Å²) < 4.78 is 0. The van der Waals surface area contributed by atoms with E-state index in [9.17, 15) is 14.9 Å². The Morgan fingerprint density at radius 2 is 1.88 bits per heavy atom. The standard InChI is InChI=1S/C20H23N3O3/c1-22(2)13-14-7-9-15(10-8-14)17-6-4-3-5-16(17)12-21-20(24)18-11-19(18)23(25)26/h3-10,18-19H,11-13H2,1-2H3,(H,21,24). The molecule has 1 saturated carbocycles. The number of amides is 1. The SMILES string of the molecule is CN(C)Cc1ccc(-c2ccccc2CNC(=O)C2CC2[N+](=O)[O-])cc1. The molecule has 6 heteroatoms. The third-order valence-corrected chi connectivity index (χ3v) is 4.60. The Balaban J connectivity index is 1.68. The summed E-state index contributed by atoms with van der Waals surface area (Å²) in [5, 5.41) is 13.6. The second kappa shape index (κ2) is 7.66. The second-order valence-electron chi connectivity index (χ2n) is 7.00. The van der Waals surface area contributed by atoms with Crippen LogP contribution in [0.2, 0.25) is 0 Å². The molecule has 0 heterocycles. The van der Waals surface area contributed by atoms with Gasteiger partial charge in [-0.25, -0.2) is 0 Å². The third-order valence-electron chi connectivity index (χ3n) is 4.60. The zero-order chi connectivity index (χ0) is 18.7. The van der Waals surface area contributed by atoms with E-state index in [1.165, 1.54) is 5.56 Å². The zero-order valence-electron chi connectivity index (χ0n) is 15.0. The average Bonchev–Trinajstić information content (AvgIpc) is 3.41. The minimum Gasteiger partial charge on any atom is -0.352 e. The highest BCUT2D eigenvalue weighted by molar-refractivity contribution is 5.82. The van der Waals surface area contributed by atoms with Crippen molar-refractivity contribution >= 4 is 5.91 Å². The van der Waals surface area contributed by atoms with Gasteiger partial charge in [-0.3, -0.25) is 14.9 Å². The summed E-state index contributed by atoms with van der Waals surface area (Å²) in [4.78, 5) is 24.5. The lowest BCUT2D eigenvalue weighted by Crippen LogP contribution is -2.27. The van der Waals surface area contributed by atoms with Gasteiger partial charge in [0, 0.05) is 24.4 Å².